The van der Waals surface area contributed by atoms with Gasteiger partial charge in [0.25, 0.3) is 5.78 Å². The van der Waals surface area contributed by atoms with Crippen LogP contribution in [-0.2, 0) is 9.59 Å². The van der Waals surface area contributed by atoms with Crippen LogP contribution < -0.4 is 19.1 Å². The van der Waals surface area contributed by atoms with E-state index in [0.717, 1.165) is 17.0 Å². The van der Waals surface area contributed by atoms with E-state index in [1.54, 1.807) is 24.3 Å². The van der Waals surface area contributed by atoms with E-state index in [9.17, 15) is 23.5 Å². The average Bonchev–Trinajstić information content (AvgIpc) is 3.45. The van der Waals surface area contributed by atoms with Gasteiger partial charge in [-0.25, -0.2) is 13.8 Å². The first-order valence-electron chi connectivity index (χ1n) is 11.4. The monoisotopic (exact) mass is 555 g/mol. The van der Waals surface area contributed by atoms with E-state index in [1.807, 2.05) is 0 Å². The molecule has 200 valence electrons. The molecule has 0 saturated carbocycles. The van der Waals surface area contributed by atoms with Gasteiger partial charge in [-0.2, -0.15) is 0 Å². The summed E-state index contributed by atoms with van der Waals surface area (Å²) in [5.74, 6) is -4.26. The predicted octanol–water partition coefficient (Wildman–Crippen LogP) is 5.15. The Bertz CT molecular complexity index is 1650. The molecule has 1 aliphatic heterocycles. The van der Waals surface area contributed by atoms with E-state index in [0.29, 0.717) is 11.3 Å². The molecule has 3 aromatic carbocycles. The fourth-order valence-corrected chi connectivity index (χ4v) is 4.71. The number of aromatic amines is 1. The molecular weight excluding hydrogens is 536 g/mol. The van der Waals surface area contributed by atoms with E-state index < -0.39 is 35.1 Å². The molecule has 9 nitrogen and oxygen atoms in total. The molecule has 1 amide bonds. The summed E-state index contributed by atoms with van der Waals surface area (Å²) in [6.45, 7) is 0. The minimum atomic E-state index is -1.22. The maximum absolute atomic E-state index is 13.9. The maximum atomic E-state index is 13.9. The Morgan fingerprint density at radius 1 is 1.00 bits per heavy atom. The molecule has 1 fully saturated rings. The van der Waals surface area contributed by atoms with Crippen LogP contribution in [0.1, 0.15) is 17.2 Å². The summed E-state index contributed by atoms with van der Waals surface area (Å²) in [7, 11) is 4.20. The number of benzene rings is 3. The van der Waals surface area contributed by atoms with E-state index >= 15 is 0 Å². The molecule has 2 N–H and O–H groups in total. The smallest absolute Gasteiger partial charge is 0.302 e. The second kappa shape index (κ2) is 9.91. The largest absolute Gasteiger partial charge is 0.507 e. The number of imidazole rings is 1. The molecule has 39 heavy (non-hydrogen) atoms. The Morgan fingerprint density at radius 2 is 1.72 bits per heavy atom. The number of rotatable bonds is 6. The molecule has 0 bridgehead atoms. The lowest BCUT2D eigenvalue weighted by atomic mass is 9.95. The summed E-state index contributed by atoms with van der Waals surface area (Å²) in [5, 5.41) is 11.6. The molecule has 1 saturated heterocycles. The number of aliphatic hydroxyl groups is 1. The third-order valence-corrected chi connectivity index (χ3v) is 6.62. The van der Waals surface area contributed by atoms with Gasteiger partial charge in [-0.05, 0) is 23.8 Å². The van der Waals surface area contributed by atoms with Crippen LogP contribution in [-0.4, -0.2) is 48.1 Å². The number of H-pyrrole nitrogens is 1. The number of carbonyl (C=O) groups is 2. The fraction of sp³-hybridized carbons (Fsp3) is 0.148. The van der Waals surface area contributed by atoms with Gasteiger partial charge in [0.1, 0.15) is 23.0 Å². The van der Waals surface area contributed by atoms with Crippen molar-refractivity contribution < 1.29 is 37.7 Å². The van der Waals surface area contributed by atoms with Gasteiger partial charge < -0.3 is 24.3 Å². The number of hydrogen-bond donors (Lipinski definition) is 2. The van der Waals surface area contributed by atoms with Crippen molar-refractivity contribution in [2.75, 3.05) is 26.2 Å². The van der Waals surface area contributed by atoms with Gasteiger partial charge in [-0.1, -0.05) is 23.7 Å². The molecule has 1 aromatic heterocycles. The van der Waals surface area contributed by atoms with Crippen molar-refractivity contribution in [3.05, 3.63) is 81.9 Å². The molecule has 1 aliphatic rings. The van der Waals surface area contributed by atoms with E-state index in [4.69, 9.17) is 25.8 Å². The van der Waals surface area contributed by atoms with Gasteiger partial charge in [0.05, 0.1) is 54.6 Å². The SMILES string of the molecule is COc1cccc(C2/C(=C(\O)c3cc(Cl)c(OC)cc3OC)C(=O)C(=O)N2c2nc3cc(F)c(F)cc3[nH]2)c1. The summed E-state index contributed by atoms with van der Waals surface area (Å²) in [6.07, 6.45) is 0. The summed E-state index contributed by atoms with van der Waals surface area (Å²) in [6, 6.07) is 9.82. The van der Waals surface area contributed by atoms with Gasteiger partial charge >= 0.3 is 5.91 Å². The molecule has 0 aliphatic carbocycles. The average molecular weight is 556 g/mol. The molecule has 0 radical (unpaired) electrons. The Labute approximate surface area is 225 Å². The van der Waals surface area contributed by atoms with Crippen LogP contribution in [0, 0.1) is 11.6 Å². The van der Waals surface area contributed by atoms with Crippen molar-refractivity contribution in [3.63, 3.8) is 0 Å². The maximum Gasteiger partial charge on any atom is 0.302 e. The van der Waals surface area contributed by atoms with Gasteiger partial charge in [-0.3, -0.25) is 14.5 Å². The number of anilines is 1. The summed E-state index contributed by atoms with van der Waals surface area (Å²) in [5.41, 5.74) is 0.234. The number of nitrogens with one attached hydrogen (secondary N) is 1. The zero-order valence-corrected chi connectivity index (χ0v) is 21.5. The lowest BCUT2D eigenvalue weighted by molar-refractivity contribution is -0.132. The second-order valence-electron chi connectivity index (χ2n) is 8.48. The zero-order chi connectivity index (χ0) is 28.0. The highest BCUT2D eigenvalue weighted by atomic mass is 35.5. The summed E-state index contributed by atoms with van der Waals surface area (Å²) in [4.78, 5) is 34.9. The lowest BCUT2D eigenvalue weighted by Gasteiger charge is -2.23. The number of ether oxygens (including phenoxy) is 3. The molecule has 5 rings (SSSR count). The second-order valence-corrected chi connectivity index (χ2v) is 8.88. The molecule has 2 heterocycles. The number of fused-ring (bicyclic) bond motifs is 1. The number of halogens is 3. The number of hydrogen-bond acceptors (Lipinski definition) is 7. The molecule has 12 heteroatoms. The normalized spacial score (nSPS) is 16.7. The summed E-state index contributed by atoms with van der Waals surface area (Å²) < 4.78 is 43.6. The highest BCUT2D eigenvalue weighted by molar-refractivity contribution is 6.51. The van der Waals surface area contributed by atoms with Gasteiger partial charge in [-0.15, -0.1) is 0 Å². The third kappa shape index (κ3) is 4.30. The zero-order valence-electron chi connectivity index (χ0n) is 20.7. The van der Waals surface area contributed by atoms with Crippen LogP contribution in [0.2, 0.25) is 5.02 Å². The van der Waals surface area contributed by atoms with Crippen LogP contribution in [0.15, 0.2) is 54.1 Å². The fourth-order valence-electron chi connectivity index (χ4n) is 4.47. The number of methoxy groups -OCH3 is 3. The first-order chi connectivity index (χ1) is 18.7. The number of Topliss-reactive ketones (excluding diaryl/α,β-unsaturated/α-hetero) is 1. The van der Waals surface area contributed by atoms with Crippen molar-refractivity contribution in [1.82, 2.24) is 9.97 Å². The Hall–Kier alpha value is -4.64. The lowest BCUT2D eigenvalue weighted by Crippen LogP contribution is -2.30. The van der Waals surface area contributed by atoms with Crippen LogP contribution >= 0.6 is 11.6 Å². The van der Waals surface area contributed by atoms with Crippen molar-refractivity contribution in [1.29, 1.82) is 0 Å². The van der Waals surface area contributed by atoms with Crippen molar-refractivity contribution in [2.45, 2.75) is 6.04 Å². The minimum Gasteiger partial charge on any atom is -0.507 e. The van der Waals surface area contributed by atoms with Crippen LogP contribution in [0.25, 0.3) is 16.8 Å². The number of carbonyl (C=O) groups excluding carboxylic acids is 2. The quantitative estimate of drug-likeness (QED) is 0.192. The number of amides is 1. The molecule has 0 spiro atoms. The highest BCUT2D eigenvalue weighted by Gasteiger charge is 2.48. The topological polar surface area (TPSA) is 114 Å². The standard InChI is InChI=1S/C27H20ClF2N3O6/c1-37-13-6-4-5-12(7-13)23-22(24(34)14-8-15(28)21(39-3)11-20(14)38-2)25(35)26(36)33(23)27-31-18-9-16(29)17(30)10-19(18)32-27/h4-11,23,34H,1-3H3,(H,31,32)/b24-22+. The molecular formula is C27H20ClF2N3O6. The Balaban J connectivity index is 1.77. The van der Waals surface area contributed by atoms with E-state index in [2.05, 4.69) is 9.97 Å². The van der Waals surface area contributed by atoms with Crippen molar-refractivity contribution in [3.8, 4) is 17.2 Å². The van der Waals surface area contributed by atoms with Gasteiger partial charge in [0.2, 0.25) is 5.95 Å². The first kappa shape index (κ1) is 26.0. The summed E-state index contributed by atoms with van der Waals surface area (Å²) >= 11 is 6.29. The highest BCUT2D eigenvalue weighted by Crippen LogP contribution is 2.45. The minimum absolute atomic E-state index is 0.0267. The van der Waals surface area contributed by atoms with Crippen molar-refractivity contribution in [2.24, 2.45) is 0 Å². The Kier molecular flexibility index (Phi) is 6.61. The van der Waals surface area contributed by atoms with Crippen molar-refractivity contribution >= 4 is 46.0 Å². The molecule has 1 unspecified atom stereocenters. The first-order valence-corrected chi connectivity index (χ1v) is 11.8. The number of nitrogens with zero attached hydrogens (tertiary/aromatic N) is 2. The van der Waals surface area contributed by atoms with Gasteiger partial charge in [0.15, 0.2) is 11.6 Å². The molecule has 1 atom stereocenters. The Morgan fingerprint density at radius 3 is 2.41 bits per heavy atom. The molecule has 4 aromatic rings. The number of aromatic nitrogens is 2. The number of aliphatic hydroxyl groups excluding tert-OH is 1. The number of ketones is 1. The van der Waals surface area contributed by atoms with Crippen LogP contribution in [0.5, 0.6) is 17.2 Å². The predicted molar refractivity (Wildman–Crippen MR) is 138 cm³/mol. The van der Waals surface area contributed by atoms with E-state index in [-0.39, 0.29) is 44.6 Å². The van der Waals surface area contributed by atoms with Crippen LogP contribution in [0.3, 0.4) is 0 Å². The third-order valence-electron chi connectivity index (χ3n) is 6.32. The van der Waals surface area contributed by atoms with Crippen LogP contribution in [0.4, 0.5) is 14.7 Å². The van der Waals surface area contributed by atoms with E-state index in [1.165, 1.54) is 33.5 Å². The van der Waals surface area contributed by atoms with Gasteiger partial charge in [0, 0.05) is 18.2 Å².